The maximum Gasteiger partial charge on any atom is 0.199 e. The molecule has 0 aliphatic rings. The summed E-state index contributed by atoms with van der Waals surface area (Å²) in [6.45, 7) is 3.40. The molecule has 0 heterocycles. The number of hydrogen-bond donors (Lipinski definition) is 0. The van der Waals surface area contributed by atoms with Crippen molar-refractivity contribution < 1.29 is 19.1 Å². The molecule has 0 amide bonds. The molecular weight excluding hydrogens is 280 g/mol. The molecule has 1 unspecified atom stereocenters. The predicted octanol–water partition coefficient (Wildman–Crippen LogP) is 3.66. The monoisotopic (exact) mass is 298 g/mol. The van der Waals surface area contributed by atoms with Crippen molar-refractivity contribution in [3.05, 3.63) is 60.2 Å². The van der Waals surface area contributed by atoms with Gasteiger partial charge in [0.15, 0.2) is 17.7 Å². The lowest BCUT2D eigenvalue weighted by Crippen LogP contribution is -2.31. The van der Waals surface area contributed by atoms with Crippen molar-refractivity contribution in [2.75, 3.05) is 6.61 Å². The zero-order chi connectivity index (χ0) is 15.9. The van der Waals surface area contributed by atoms with Crippen molar-refractivity contribution in [2.45, 2.75) is 20.0 Å². The van der Waals surface area contributed by atoms with Gasteiger partial charge in [-0.15, -0.1) is 0 Å². The van der Waals surface area contributed by atoms with E-state index in [1.807, 2.05) is 30.3 Å². The molecule has 4 heteroatoms. The minimum atomic E-state index is -1.06. The number of Topliss-reactive ketones (excluding diaryl/α,β-unsaturated/α-hetero) is 2. The highest BCUT2D eigenvalue weighted by molar-refractivity contribution is 6.12. The fourth-order valence-electron chi connectivity index (χ4n) is 2.03. The van der Waals surface area contributed by atoms with E-state index in [1.54, 1.807) is 31.2 Å². The Kier molecular flexibility index (Phi) is 5.44. The molecule has 0 aliphatic heterocycles. The maximum atomic E-state index is 12.4. The average Bonchev–Trinajstić information content (AvgIpc) is 2.53. The Bertz CT molecular complexity index is 649. The molecule has 0 radical (unpaired) electrons. The predicted molar refractivity (Wildman–Crippen MR) is 83.4 cm³/mol. The Balaban J connectivity index is 2.20. The van der Waals surface area contributed by atoms with Crippen molar-refractivity contribution in [2.24, 2.45) is 0 Å². The molecule has 0 N–H and O–H groups in total. The first-order chi connectivity index (χ1) is 10.6. The molecule has 114 valence electrons. The fraction of sp³-hybridized carbons (Fsp3) is 0.222. The third-order valence-electron chi connectivity index (χ3n) is 3.04. The second-order valence-electron chi connectivity index (χ2n) is 4.75. The van der Waals surface area contributed by atoms with E-state index in [4.69, 9.17) is 9.47 Å². The van der Waals surface area contributed by atoms with Crippen LogP contribution >= 0.6 is 0 Å². The van der Waals surface area contributed by atoms with Gasteiger partial charge in [0.2, 0.25) is 0 Å². The van der Waals surface area contributed by atoms with Crippen LogP contribution in [0.1, 0.15) is 24.2 Å². The number of benzene rings is 2. The van der Waals surface area contributed by atoms with Crippen LogP contribution in [0, 0.1) is 0 Å². The molecule has 4 nitrogen and oxygen atoms in total. The molecule has 2 aromatic carbocycles. The summed E-state index contributed by atoms with van der Waals surface area (Å²) in [6, 6.07) is 16.0. The minimum absolute atomic E-state index is 0.302. The van der Waals surface area contributed by atoms with Crippen molar-refractivity contribution in [1.29, 1.82) is 0 Å². The van der Waals surface area contributed by atoms with E-state index >= 15 is 0 Å². The maximum absolute atomic E-state index is 12.4. The van der Waals surface area contributed by atoms with Crippen molar-refractivity contribution >= 4 is 11.6 Å². The van der Waals surface area contributed by atoms with Crippen molar-refractivity contribution in [3.63, 3.8) is 0 Å². The van der Waals surface area contributed by atoms with E-state index in [0.717, 1.165) is 0 Å². The summed E-state index contributed by atoms with van der Waals surface area (Å²) in [4.78, 5) is 23.9. The molecule has 0 fully saturated rings. The molecule has 0 aromatic heterocycles. The second-order valence-corrected chi connectivity index (χ2v) is 4.75. The van der Waals surface area contributed by atoms with Crippen molar-refractivity contribution in [3.8, 4) is 11.5 Å². The molecule has 1 atom stereocenters. The number of carbonyl (C=O) groups is 2. The SMILES string of the molecule is CCOC(C(C)=O)C(=O)c1cccc(Oc2ccccc2)c1. The average molecular weight is 298 g/mol. The van der Waals surface area contributed by atoms with E-state index in [9.17, 15) is 9.59 Å². The number of rotatable bonds is 7. The van der Waals surface area contributed by atoms with Gasteiger partial charge < -0.3 is 9.47 Å². The van der Waals surface area contributed by atoms with E-state index in [1.165, 1.54) is 6.92 Å². The summed E-state index contributed by atoms with van der Waals surface area (Å²) in [6.07, 6.45) is -1.06. The van der Waals surface area contributed by atoms with Gasteiger partial charge in [0.1, 0.15) is 11.5 Å². The molecule has 0 saturated heterocycles. The Hall–Kier alpha value is -2.46. The van der Waals surface area contributed by atoms with Gasteiger partial charge in [0, 0.05) is 12.2 Å². The van der Waals surface area contributed by atoms with Crippen LogP contribution in [0.25, 0.3) is 0 Å². The van der Waals surface area contributed by atoms with Gasteiger partial charge >= 0.3 is 0 Å². The van der Waals surface area contributed by atoms with Crippen LogP contribution in [-0.4, -0.2) is 24.3 Å². The third-order valence-corrected chi connectivity index (χ3v) is 3.04. The smallest absolute Gasteiger partial charge is 0.199 e. The standard InChI is InChI=1S/C18H18O4/c1-3-21-18(13(2)19)17(20)14-8-7-11-16(12-14)22-15-9-5-4-6-10-15/h4-12,18H,3H2,1-2H3. The van der Waals surface area contributed by atoms with Crippen LogP contribution in [0.15, 0.2) is 54.6 Å². The highest BCUT2D eigenvalue weighted by atomic mass is 16.5. The van der Waals surface area contributed by atoms with Crippen LogP contribution in [-0.2, 0) is 9.53 Å². The highest BCUT2D eigenvalue weighted by Crippen LogP contribution is 2.22. The molecule has 22 heavy (non-hydrogen) atoms. The highest BCUT2D eigenvalue weighted by Gasteiger charge is 2.25. The molecule has 0 spiro atoms. The van der Waals surface area contributed by atoms with Crippen LogP contribution in [0.2, 0.25) is 0 Å². The van der Waals surface area contributed by atoms with E-state index in [2.05, 4.69) is 0 Å². The summed E-state index contributed by atoms with van der Waals surface area (Å²) in [5, 5.41) is 0. The van der Waals surface area contributed by atoms with E-state index in [0.29, 0.717) is 23.7 Å². The summed E-state index contributed by atoms with van der Waals surface area (Å²) in [7, 11) is 0. The third kappa shape index (κ3) is 4.02. The van der Waals surface area contributed by atoms with Gasteiger partial charge in [0.05, 0.1) is 0 Å². The molecule has 2 aromatic rings. The number of carbonyl (C=O) groups excluding carboxylic acids is 2. The summed E-state index contributed by atoms with van der Waals surface area (Å²) in [5.74, 6) is 0.560. The van der Waals surface area contributed by atoms with Gasteiger partial charge in [-0.3, -0.25) is 9.59 Å². The number of ether oxygens (including phenoxy) is 2. The lowest BCUT2D eigenvalue weighted by Gasteiger charge is -2.13. The largest absolute Gasteiger partial charge is 0.457 e. The number of hydrogen-bond acceptors (Lipinski definition) is 4. The van der Waals surface area contributed by atoms with Crippen molar-refractivity contribution in [1.82, 2.24) is 0 Å². The number of para-hydroxylation sites is 1. The summed E-state index contributed by atoms with van der Waals surface area (Å²) < 4.78 is 10.9. The first-order valence-corrected chi connectivity index (χ1v) is 7.11. The lowest BCUT2D eigenvalue weighted by atomic mass is 10.0. The fourth-order valence-corrected chi connectivity index (χ4v) is 2.03. The van der Waals surface area contributed by atoms with E-state index in [-0.39, 0.29) is 11.6 Å². The zero-order valence-corrected chi connectivity index (χ0v) is 12.6. The van der Waals surface area contributed by atoms with Gasteiger partial charge in [-0.1, -0.05) is 30.3 Å². The lowest BCUT2D eigenvalue weighted by molar-refractivity contribution is -0.125. The Morgan fingerprint density at radius 2 is 1.68 bits per heavy atom. The normalized spacial score (nSPS) is 11.7. The summed E-state index contributed by atoms with van der Waals surface area (Å²) in [5.41, 5.74) is 0.391. The second kappa shape index (κ2) is 7.52. The molecule has 0 bridgehead atoms. The van der Waals surface area contributed by atoms with Gasteiger partial charge in [-0.05, 0) is 38.1 Å². The van der Waals surface area contributed by atoms with Crippen LogP contribution < -0.4 is 4.74 Å². The summed E-state index contributed by atoms with van der Waals surface area (Å²) >= 11 is 0. The Morgan fingerprint density at radius 3 is 2.32 bits per heavy atom. The van der Waals surface area contributed by atoms with Crippen LogP contribution in [0.5, 0.6) is 11.5 Å². The first-order valence-electron chi connectivity index (χ1n) is 7.11. The molecule has 2 rings (SSSR count). The Morgan fingerprint density at radius 1 is 1.00 bits per heavy atom. The molecule has 0 aliphatic carbocycles. The van der Waals surface area contributed by atoms with Crippen LogP contribution in [0.4, 0.5) is 0 Å². The van der Waals surface area contributed by atoms with Gasteiger partial charge in [0.25, 0.3) is 0 Å². The first kappa shape index (κ1) is 15.9. The molecular formula is C18H18O4. The molecule has 0 saturated carbocycles. The van der Waals surface area contributed by atoms with Gasteiger partial charge in [-0.25, -0.2) is 0 Å². The van der Waals surface area contributed by atoms with Gasteiger partial charge in [-0.2, -0.15) is 0 Å². The van der Waals surface area contributed by atoms with Crippen LogP contribution in [0.3, 0.4) is 0 Å². The van der Waals surface area contributed by atoms with E-state index < -0.39 is 6.10 Å². The minimum Gasteiger partial charge on any atom is -0.457 e. The number of ketones is 2. The Labute approximate surface area is 129 Å². The zero-order valence-electron chi connectivity index (χ0n) is 12.6. The topological polar surface area (TPSA) is 52.6 Å². The quantitative estimate of drug-likeness (QED) is 0.578.